The maximum atomic E-state index is 6.87. The third-order valence-electron chi connectivity index (χ3n) is 8.34. The van der Waals surface area contributed by atoms with E-state index in [1.54, 1.807) is 12.8 Å². The van der Waals surface area contributed by atoms with Crippen molar-refractivity contribution in [3.8, 4) is 0 Å². The highest BCUT2D eigenvalue weighted by molar-refractivity contribution is 5.52. The quantitative estimate of drug-likeness (QED) is 0.660. The van der Waals surface area contributed by atoms with E-state index in [9.17, 15) is 0 Å². The SMILES string of the molecule is NC12C3C4CCCC4C3C13C1CCCC1C23. The number of rotatable bonds is 0. The highest BCUT2D eigenvalue weighted by Crippen LogP contribution is 2.99. The largest absolute Gasteiger partial charge is 0.324 e. The van der Waals surface area contributed by atoms with Gasteiger partial charge in [0.25, 0.3) is 0 Å². The van der Waals surface area contributed by atoms with Crippen LogP contribution in [0.25, 0.3) is 0 Å². The number of hydrogen-bond donors (Lipinski definition) is 1. The van der Waals surface area contributed by atoms with Crippen molar-refractivity contribution in [2.24, 2.45) is 52.6 Å². The normalized spacial score (nSPS) is 80.4. The summed E-state index contributed by atoms with van der Waals surface area (Å²) in [6.45, 7) is 0. The lowest BCUT2D eigenvalue weighted by molar-refractivity contribution is -0.191. The molecule has 0 radical (unpaired) electrons. The van der Waals surface area contributed by atoms with Crippen LogP contribution in [-0.2, 0) is 0 Å². The van der Waals surface area contributed by atoms with Crippen molar-refractivity contribution in [3.05, 3.63) is 0 Å². The molecule has 0 heterocycles. The van der Waals surface area contributed by atoms with Crippen molar-refractivity contribution in [3.63, 3.8) is 0 Å². The molecule has 0 aliphatic heterocycles. The Morgan fingerprint density at radius 2 is 1.50 bits per heavy atom. The number of hydrogen-bond acceptors (Lipinski definition) is 1. The van der Waals surface area contributed by atoms with E-state index >= 15 is 0 Å². The maximum Gasteiger partial charge on any atom is 0.0292 e. The molecule has 86 valence electrons. The topological polar surface area (TPSA) is 26.0 Å². The van der Waals surface area contributed by atoms with Gasteiger partial charge in [-0.25, -0.2) is 0 Å². The van der Waals surface area contributed by atoms with Crippen LogP contribution < -0.4 is 5.73 Å². The molecule has 2 N–H and O–H groups in total. The van der Waals surface area contributed by atoms with E-state index in [1.165, 1.54) is 25.7 Å². The molecule has 6 saturated carbocycles. The average molecular weight is 215 g/mol. The average Bonchev–Trinajstić information content (AvgIpc) is 2.67. The van der Waals surface area contributed by atoms with Crippen molar-refractivity contribution < 1.29 is 0 Å². The summed E-state index contributed by atoms with van der Waals surface area (Å²) in [6, 6.07) is 0. The summed E-state index contributed by atoms with van der Waals surface area (Å²) in [5.41, 5.74) is 8.02. The minimum Gasteiger partial charge on any atom is -0.324 e. The zero-order valence-electron chi connectivity index (χ0n) is 9.86. The van der Waals surface area contributed by atoms with Crippen molar-refractivity contribution in [2.45, 2.75) is 44.1 Å². The first-order valence-corrected chi connectivity index (χ1v) is 7.62. The van der Waals surface area contributed by atoms with Gasteiger partial charge in [0.2, 0.25) is 0 Å². The van der Waals surface area contributed by atoms with E-state index in [1.807, 2.05) is 0 Å². The van der Waals surface area contributed by atoms with Crippen molar-refractivity contribution in [2.75, 3.05) is 0 Å². The van der Waals surface area contributed by atoms with Crippen LogP contribution in [0.15, 0.2) is 0 Å². The van der Waals surface area contributed by atoms with Crippen LogP contribution >= 0.6 is 0 Å². The molecule has 0 bridgehead atoms. The predicted molar refractivity (Wildman–Crippen MR) is 61.5 cm³/mol. The molecular weight excluding hydrogens is 194 g/mol. The predicted octanol–water partition coefficient (Wildman–Crippen LogP) is 2.41. The van der Waals surface area contributed by atoms with Crippen LogP contribution in [-0.4, -0.2) is 5.54 Å². The molecule has 0 amide bonds. The van der Waals surface area contributed by atoms with Gasteiger partial charge >= 0.3 is 0 Å². The van der Waals surface area contributed by atoms with Gasteiger partial charge < -0.3 is 5.73 Å². The molecule has 16 heavy (non-hydrogen) atoms. The van der Waals surface area contributed by atoms with Gasteiger partial charge in [0.1, 0.15) is 0 Å². The fourth-order valence-electron chi connectivity index (χ4n) is 8.46. The highest BCUT2D eigenvalue weighted by Gasteiger charge is 3.02. The Labute approximate surface area is 97.2 Å². The Kier molecular flexibility index (Phi) is 0.976. The monoisotopic (exact) mass is 215 g/mol. The van der Waals surface area contributed by atoms with Gasteiger partial charge in [0.15, 0.2) is 0 Å². The summed E-state index contributed by atoms with van der Waals surface area (Å²) in [6.07, 6.45) is 9.21. The summed E-state index contributed by atoms with van der Waals surface area (Å²) >= 11 is 0. The molecule has 9 unspecified atom stereocenters. The van der Waals surface area contributed by atoms with Crippen LogP contribution in [0.1, 0.15) is 38.5 Å². The first kappa shape index (κ1) is 8.13. The van der Waals surface area contributed by atoms with E-state index in [0.29, 0.717) is 5.54 Å². The lowest BCUT2D eigenvalue weighted by Gasteiger charge is -2.67. The molecule has 6 aliphatic carbocycles. The van der Waals surface area contributed by atoms with Crippen LogP contribution in [0.4, 0.5) is 0 Å². The van der Waals surface area contributed by atoms with E-state index < -0.39 is 0 Å². The van der Waals surface area contributed by atoms with Crippen LogP contribution in [0.3, 0.4) is 0 Å². The van der Waals surface area contributed by atoms with Crippen LogP contribution in [0.5, 0.6) is 0 Å². The van der Waals surface area contributed by atoms with Crippen LogP contribution in [0, 0.1) is 46.8 Å². The fraction of sp³-hybridized carbons (Fsp3) is 1.00. The third-order valence-corrected chi connectivity index (χ3v) is 8.34. The highest BCUT2D eigenvalue weighted by atomic mass is 15.2. The zero-order valence-corrected chi connectivity index (χ0v) is 9.86. The molecule has 1 heteroatoms. The first-order chi connectivity index (χ1) is 7.83. The van der Waals surface area contributed by atoms with Gasteiger partial charge in [-0.1, -0.05) is 12.8 Å². The standard InChI is InChI=1S/C15H21N/c16-15-12-8-4-1-3-7(8)11(12)14(15)10-6-2-5-9(10)13(14)15/h7-13H,1-6,16H2. The van der Waals surface area contributed by atoms with Crippen molar-refractivity contribution in [1.29, 1.82) is 0 Å². The summed E-state index contributed by atoms with van der Waals surface area (Å²) in [5, 5.41) is 0. The lowest BCUT2D eigenvalue weighted by Crippen LogP contribution is -2.70. The smallest absolute Gasteiger partial charge is 0.0292 e. The molecular formula is C15H21N. The first-order valence-electron chi connectivity index (χ1n) is 7.62. The minimum atomic E-state index is 0.402. The van der Waals surface area contributed by atoms with Gasteiger partial charge in [-0.2, -0.15) is 0 Å². The van der Waals surface area contributed by atoms with Crippen molar-refractivity contribution in [1.82, 2.24) is 0 Å². The number of nitrogens with two attached hydrogens (primary N) is 1. The molecule has 6 aliphatic rings. The lowest BCUT2D eigenvalue weighted by atomic mass is 9.38. The van der Waals surface area contributed by atoms with E-state index in [0.717, 1.165) is 46.8 Å². The second-order valence-electron chi connectivity index (χ2n) is 7.86. The van der Waals surface area contributed by atoms with E-state index in [4.69, 9.17) is 5.73 Å². The zero-order chi connectivity index (χ0) is 10.3. The summed E-state index contributed by atoms with van der Waals surface area (Å²) in [5.74, 6) is 7.60. The molecule has 0 saturated heterocycles. The number of fused-ring (bicyclic) bond motifs is 8. The van der Waals surface area contributed by atoms with Crippen LogP contribution in [0.2, 0.25) is 0 Å². The molecule has 1 nitrogen and oxygen atoms in total. The summed E-state index contributed by atoms with van der Waals surface area (Å²) < 4.78 is 0. The van der Waals surface area contributed by atoms with Crippen molar-refractivity contribution >= 4 is 0 Å². The van der Waals surface area contributed by atoms with Gasteiger partial charge in [0.05, 0.1) is 0 Å². The Bertz CT molecular complexity index is 408. The van der Waals surface area contributed by atoms with Gasteiger partial charge in [-0.05, 0) is 67.1 Å². The molecule has 0 aromatic rings. The Hall–Kier alpha value is -0.0400. The summed E-state index contributed by atoms with van der Waals surface area (Å²) in [7, 11) is 0. The summed E-state index contributed by atoms with van der Waals surface area (Å²) in [4.78, 5) is 0. The molecule has 0 aromatic heterocycles. The minimum absolute atomic E-state index is 0.402. The Balaban J connectivity index is 1.48. The molecule has 6 rings (SSSR count). The fourth-order valence-corrected chi connectivity index (χ4v) is 8.46. The molecule has 1 spiro atoms. The van der Waals surface area contributed by atoms with Gasteiger partial charge in [-0.3, -0.25) is 0 Å². The van der Waals surface area contributed by atoms with Gasteiger partial charge in [0, 0.05) is 11.0 Å². The molecule has 9 atom stereocenters. The molecule has 6 fully saturated rings. The second-order valence-corrected chi connectivity index (χ2v) is 7.86. The second kappa shape index (κ2) is 1.92. The van der Waals surface area contributed by atoms with E-state index in [-0.39, 0.29) is 0 Å². The van der Waals surface area contributed by atoms with E-state index in [2.05, 4.69) is 0 Å². The third kappa shape index (κ3) is 0.440. The van der Waals surface area contributed by atoms with Gasteiger partial charge in [-0.15, -0.1) is 0 Å². The Morgan fingerprint density at radius 3 is 2.38 bits per heavy atom. The Morgan fingerprint density at radius 1 is 0.812 bits per heavy atom. The maximum absolute atomic E-state index is 6.87. The molecule has 0 aromatic carbocycles.